The molecule has 2 N–H and O–H groups in total. The van der Waals surface area contributed by atoms with Crippen molar-refractivity contribution in [1.29, 1.82) is 0 Å². The fraction of sp³-hybridized carbons (Fsp3) is 0.714. The number of amides is 1. The minimum Gasteiger partial charge on any atom is -0.459 e. The molecule has 37 heavy (non-hydrogen) atoms. The van der Waals surface area contributed by atoms with Crippen LogP contribution >= 0.6 is 22.6 Å². The van der Waals surface area contributed by atoms with E-state index in [2.05, 4.69) is 47.8 Å². The molecule has 0 radical (unpaired) electrons. The van der Waals surface area contributed by atoms with Crippen LogP contribution in [0.15, 0.2) is 36.0 Å². The molecule has 0 aromatic heterocycles. The predicted octanol–water partition coefficient (Wildman–Crippen LogP) is 3.80. The molecule has 3 aliphatic heterocycles. The number of hydrogen-bond acceptors (Lipinski definition) is 7. The summed E-state index contributed by atoms with van der Waals surface area (Å²) in [6.45, 7) is 11.9. The van der Waals surface area contributed by atoms with E-state index in [1.807, 2.05) is 26.0 Å². The van der Waals surface area contributed by atoms with Crippen LogP contribution in [0.2, 0.25) is 0 Å². The third-order valence-corrected chi connectivity index (χ3v) is 8.99. The van der Waals surface area contributed by atoms with Crippen molar-refractivity contribution in [2.45, 2.75) is 109 Å². The van der Waals surface area contributed by atoms with Gasteiger partial charge in [0.15, 0.2) is 0 Å². The van der Waals surface area contributed by atoms with Crippen LogP contribution in [0.4, 0.5) is 0 Å². The number of alkyl halides is 1. The van der Waals surface area contributed by atoms with E-state index in [4.69, 9.17) is 18.9 Å². The molecule has 3 aliphatic rings. The molecule has 8 nitrogen and oxygen atoms in total. The number of allylic oxidation sites excluding steroid dienone is 2. The summed E-state index contributed by atoms with van der Waals surface area (Å²) in [6, 6.07) is -0.0912. The summed E-state index contributed by atoms with van der Waals surface area (Å²) in [5.74, 6) is -0.347. The van der Waals surface area contributed by atoms with Crippen molar-refractivity contribution in [3.63, 3.8) is 0 Å². The number of ether oxygens (including phenoxy) is 4. The number of epoxide rings is 1. The van der Waals surface area contributed by atoms with Gasteiger partial charge in [-0.1, -0.05) is 53.3 Å². The van der Waals surface area contributed by atoms with Crippen LogP contribution in [0.1, 0.15) is 60.8 Å². The van der Waals surface area contributed by atoms with Crippen molar-refractivity contribution in [3.8, 4) is 0 Å². The number of rotatable bonds is 9. The van der Waals surface area contributed by atoms with E-state index in [0.717, 1.165) is 22.8 Å². The van der Waals surface area contributed by atoms with E-state index in [1.54, 1.807) is 13.0 Å². The smallest absolute Gasteiger partial charge is 0.303 e. The van der Waals surface area contributed by atoms with E-state index < -0.39 is 23.9 Å². The van der Waals surface area contributed by atoms with E-state index in [9.17, 15) is 14.7 Å². The number of carbonyl (C=O) groups excluding carboxylic acids is 2. The number of carbonyl (C=O) groups is 2. The van der Waals surface area contributed by atoms with Gasteiger partial charge in [0.05, 0.1) is 30.5 Å². The molecule has 9 heteroatoms. The van der Waals surface area contributed by atoms with Gasteiger partial charge in [-0.05, 0) is 52.5 Å². The lowest BCUT2D eigenvalue weighted by molar-refractivity contribution is -0.167. The second-order valence-corrected chi connectivity index (χ2v) is 11.8. The van der Waals surface area contributed by atoms with E-state index >= 15 is 0 Å². The molecule has 1 unspecified atom stereocenters. The van der Waals surface area contributed by atoms with Gasteiger partial charge < -0.3 is 29.4 Å². The minimum absolute atomic E-state index is 0.0491. The predicted molar refractivity (Wildman–Crippen MR) is 149 cm³/mol. The van der Waals surface area contributed by atoms with Crippen molar-refractivity contribution in [3.05, 3.63) is 36.0 Å². The molecule has 208 valence electrons. The number of aliphatic hydroxyl groups excluding tert-OH is 1. The van der Waals surface area contributed by atoms with Crippen LogP contribution in [0, 0.1) is 5.92 Å². The Bertz CT molecular complexity index is 914. The molecule has 3 heterocycles. The Morgan fingerprint density at radius 3 is 2.59 bits per heavy atom. The molecule has 0 bridgehead atoms. The first-order valence-corrected chi connectivity index (χ1v) is 14.6. The van der Waals surface area contributed by atoms with Crippen molar-refractivity contribution in [2.75, 3.05) is 11.0 Å². The topological polar surface area (TPSA) is 107 Å². The molecular formula is C28H42INO7. The highest BCUT2D eigenvalue weighted by molar-refractivity contribution is 14.1. The quantitative estimate of drug-likeness (QED) is 0.0997. The fourth-order valence-corrected chi connectivity index (χ4v) is 5.59. The zero-order valence-corrected chi connectivity index (χ0v) is 24.9. The molecule has 0 saturated carbocycles. The maximum absolute atomic E-state index is 12.3. The van der Waals surface area contributed by atoms with Crippen molar-refractivity contribution < 1.29 is 33.6 Å². The first-order chi connectivity index (χ1) is 17.4. The minimum atomic E-state index is -0.665. The Morgan fingerprint density at radius 1 is 1.27 bits per heavy atom. The Hall–Kier alpha value is -1.27. The summed E-state index contributed by atoms with van der Waals surface area (Å²) in [4.78, 5) is 23.3. The summed E-state index contributed by atoms with van der Waals surface area (Å²) in [5.41, 5.74) is 0.302. The van der Waals surface area contributed by atoms with Gasteiger partial charge in [-0.2, -0.15) is 0 Å². The highest BCUT2D eigenvalue weighted by atomic mass is 127. The molecule has 1 amide bonds. The lowest BCUT2D eigenvalue weighted by atomic mass is 9.83. The zero-order valence-electron chi connectivity index (χ0n) is 22.7. The fourth-order valence-electron chi connectivity index (χ4n) is 5.14. The van der Waals surface area contributed by atoms with Crippen molar-refractivity contribution >= 4 is 34.5 Å². The first kappa shape index (κ1) is 30.3. The Kier molecular flexibility index (Phi) is 10.4. The Morgan fingerprint density at radius 2 is 1.97 bits per heavy atom. The summed E-state index contributed by atoms with van der Waals surface area (Å²) < 4.78 is 24.0. The van der Waals surface area contributed by atoms with Crippen LogP contribution in [-0.2, 0) is 28.5 Å². The highest BCUT2D eigenvalue weighted by Gasteiger charge is 2.61. The van der Waals surface area contributed by atoms with Crippen molar-refractivity contribution in [1.82, 2.24) is 5.32 Å². The molecule has 3 saturated heterocycles. The van der Waals surface area contributed by atoms with Crippen LogP contribution in [0.5, 0.6) is 0 Å². The molecule has 0 aromatic carbocycles. The number of nitrogens with one attached hydrogen (secondary N) is 1. The summed E-state index contributed by atoms with van der Waals surface area (Å²) >= 11 is 2.33. The third kappa shape index (κ3) is 8.36. The van der Waals surface area contributed by atoms with E-state index in [-0.39, 0.29) is 41.6 Å². The second-order valence-electron chi connectivity index (χ2n) is 11.1. The van der Waals surface area contributed by atoms with Gasteiger partial charge in [-0.3, -0.25) is 9.59 Å². The van der Waals surface area contributed by atoms with E-state index in [1.165, 1.54) is 13.0 Å². The largest absolute Gasteiger partial charge is 0.459 e. The second kappa shape index (κ2) is 12.7. The molecule has 3 fully saturated rings. The van der Waals surface area contributed by atoms with Crippen LogP contribution < -0.4 is 5.32 Å². The molecular weight excluding hydrogens is 589 g/mol. The maximum atomic E-state index is 12.3. The van der Waals surface area contributed by atoms with Gasteiger partial charge in [-0.25, -0.2) is 0 Å². The summed E-state index contributed by atoms with van der Waals surface area (Å²) in [6.07, 6.45) is 9.75. The lowest BCUT2D eigenvalue weighted by Gasteiger charge is -2.43. The molecule has 0 aromatic rings. The van der Waals surface area contributed by atoms with Crippen LogP contribution in [0.25, 0.3) is 0 Å². The zero-order chi connectivity index (χ0) is 27.4. The lowest BCUT2D eigenvalue weighted by Crippen LogP contribution is -2.55. The third-order valence-electron chi connectivity index (χ3n) is 7.38. The standard InChI is InChI=1S/C28H42INO7/c1-17(8-11-24-26(33)28(16-34-28)14-27(6,15-29)37-24)7-10-23-18(2)13-22(20(4)36-23)30-25(32)12-9-19(3)35-21(5)31/h7-9,11-12,18-20,22-24,26,33H,10,13-16H2,1-6H3,(H,30,32)/b11-8+,12-9-,17-7+/t18-,19+,20+,22?,23-,24+,26+,27-,28+/m0/s1. The maximum Gasteiger partial charge on any atom is 0.303 e. The molecule has 3 rings (SSSR count). The Balaban J connectivity index is 1.50. The van der Waals surface area contributed by atoms with Crippen LogP contribution in [-0.4, -0.2) is 75.8 Å². The van der Waals surface area contributed by atoms with Crippen LogP contribution in [0.3, 0.4) is 0 Å². The number of esters is 1. The van der Waals surface area contributed by atoms with Gasteiger partial charge >= 0.3 is 5.97 Å². The SMILES string of the molecule is CC(=O)O[C@H](C)/C=C\C(=O)NC1C[C@H](C)[C@H](C/C=C(C)/C=C/[C@H]2O[C@](C)(CI)C[C@@]3(CO3)[C@@H]2O)O[C@@H]1C. The Labute approximate surface area is 234 Å². The van der Waals surface area contributed by atoms with E-state index in [0.29, 0.717) is 13.0 Å². The number of aliphatic hydroxyl groups is 1. The average molecular weight is 632 g/mol. The highest BCUT2D eigenvalue weighted by Crippen LogP contribution is 2.47. The van der Waals surface area contributed by atoms with Gasteiger partial charge in [0.25, 0.3) is 0 Å². The monoisotopic (exact) mass is 631 g/mol. The average Bonchev–Trinajstić information content (AvgIpc) is 3.59. The normalized spacial score (nSPS) is 39.2. The molecule has 0 aliphatic carbocycles. The molecule has 9 atom stereocenters. The van der Waals surface area contributed by atoms with Gasteiger partial charge in [0.1, 0.15) is 23.9 Å². The first-order valence-electron chi connectivity index (χ1n) is 13.1. The number of hydrogen-bond donors (Lipinski definition) is 2. The number of halogens is 1. The summed E-state index contributed by atoms with van der Waals surface area (Å²) in [7, 11) is 0. The van der Waals surface area contributed by atoms with Crippen molar-refractivity contribution in [2.24, 2.45) is 5.92 Å². The molecule has 1 spiro atoms. The van der Waals surface area contributed by atoms with Gasteiger partial charge in [-0.15, -0.1) is 0 Å². The summed E-state index contributed by atoms with van der Waals surface area (Å²) in [5, 5.41) is 13.8. The van der Waals surface area contributed by atoms with Gasteiger partial charge in [0, 0.05) is 23.8 Å². The van der Waals surface area contributed by atoms with Gasteiger partial charge in [0.2, 0.25) is 5.91 Å².